The molecule has 9 nitrogen and oxygen atoms in total. The minimum atomic E-state index is -0.984. The highest BCUT2D eigenvalue weighted by Crippen LogP contribution is 2.22. The third-order valence-corrected chi connectivity index (χ3v) is 4.05. The molecule has 3 rings (SSSR count). The summed E-state index contributed by atoms with van der Waals surface area (Å²) in [6.45, 7) is 4.46. The summed E-state index contributed by atoms with van der Waals surface area (Å²) in [4.78, 5) is 15.3. The van der Waals surface area contributed by atoms with Crippen molar-refractivity contribution in [3.63, 3.8) is 0 Å². The summed E-state index contributed by atoms with van der Waals surface area (Å²) in [6.07, 6.45) is 0. The van der Waals surface area contributed by atoms with Gasteiger partial charge in [-0.3, -0.25) is 5.10 Å². The molecule has 2 aromatic heterocycles. The third-order valence-electron chi connectivity index (χ3n) is 4.05. The number of rotatable bonds is 8. The van der Waals surface area contributed by atoms with Gasteiger partial charge in [0.2, 0.25) is 0 Å². The fourth-order valence-corrected chi connectivity index (χ4v) is 2.65. The maximum Gasteiger partial charge on any atom is 0.335 e. The van der Waals surface area contributed by atoms with E-state index in [0.29, 0.717) is 41.9 Å². The van der Waals surface area contributed by atoms with E-state index in [4.69, 9.17) is 9.84 Å². The summed E-state index contributed by atoms with van der Waals surface area (Å²) in [6, 6.07) is 12.0. The smallest absolute Gasteiger partial charge is 0.335 e. The average molecular weight is 392 g/mol. The zero-order chi connectivity index (χ0) is 20.8. The van der Waals surface area contributed by atoms with E-state index in [9.17, 15) is 10.1 Å². The van der Waals surface area contributed by atoms with E-state index >= 15 is 0 Å². The molecule has 148 valence electrons. The van der Waals surface area contributed by atoms with Gasteiger partial charge in [0.15, 0.2) is 5.82 Å². The summed E-state index contributed by atoms with van der Waals surface area (Å²) >= 11 is 0. The van der Waals surface area contributed by atoms with Crippen molar-refractivity contribution in [3.05, 3.63) is 58.8 Å². The lowest BCUT2D eigenvalue weighted by atomic mass is 10.1. The van der Waals surface area contributed by atoms with E-state index in [1.54, 1.807) is 18.2 Å². The molecule has 0 bridgehead atoms. The highest BCUT2D eigenvalue weighted by molar-refractivity contribution is 5.87. The van der Waals surface area contributed by atoms with Gasteiger partial charge >= 0.3 is 5.97 Å². The first kappa shape index (κ1) is 19.7. The largest absolute Gasteiger partial charge is 0.492 e. The number of hydrogen-bond donors (Lipinski definition) is 4. The van der Waals surface area contributed by atoms with Crippen molar-refractivity contribution in [2.24, 2.45) is 0 Å². The lowest BCUT2D eigenvalue weighted by molar-refractivity contribution is 0.0697. The number of nitrogens with zero attached hydrogens (tertiary/aromatic N) is 3. The third kappa shape index (κ3) is 5.01. The number of H-pyrrole nitrogens is 1. The van der Waals surface area contributed by atoms with E-state index in [1.165, 1.54) is 12.1 Å². The van der Waals surface area contributed by atoms with Crippen molar-refractivity contribution < 1.29 is 14.6 Å². The number of carboxylic acids is 1. The van der Waals surface area contributed by atoms with Gasteiger partial charge in [0, 0.05) is 11.8 Å². The Kier molecular flexibility index (Phi) is 5.94. The van der Waals surface area contributed by atoms with Crippen LogP contribution in [0, 0.1) is 25.2 Å². The first-order chi connectivity index (χ1) is 14.0. The first-order valence-electron chi connectivity index (χ1n) is 8.87. The molecule has 9 heteroatoms. The van der Waals surface area contributed by atoms with Gasteiger partial charge in [-0.15, -0.1) is 0 Å². The van der Waals surface area contributed by atoms with E-state index < -0.39 is 5.97 Å². The lowest BCUT2D eigenvalue weighted by Gasteiger charge is -2.12. The van der Waals surface area contributed by atoms with Gasteiger partial charge in [-0.1, -0.05) is 0 Å². The van der Waals surface area contributed by atoms with Crippen LogP contribution in [0.2, 0.25) is 0 Å². The van der Waals surface area contributed by atoms with Crippen molar-refractivity contribution in [3.8, 4) is 11.8 Å². The van der Waals surface area contributed by atoms with Crippen LogP contribution in [0.3, 0.4) is 0 Å². The second-order valence-corrected chi connectivity index (χ2v) is 6.33. The molecule has 0 radical (unpaired) electrons. The molecule has 0 aliphatic carbocycles. The summed E-state index contributed by atoms with van der Waals surface area (Å²) in [5.41, 5.74) is 2.36. The molecule has 0 atom stereocenters. The fourth-order valence-electron chi connectivity index (χ4n) is 2.65. The first-order valence-corrected chi connectivity index (χ1v) is 8.87. The zero-order valence-electron chi connectivity index (χ0n) is 16.0. The molecule has 29 heavy (non-hydrogen) atoms. The van der Waals surface area contributed by atoms with Crippen molar-refractivity contribution >= 4 is 23.4 Å². The summed E-state index contributed by atoms with van der Waals surface area (Å²) < 4.78 is 5.60. The normalized spacial score (nSPS) is 10.2. The lowest BCUT2D eigenvalue weighted by Crippen LogP contribution is -2.14. The molecule has 1 aromatic carbocycles. The van der Waals surface area contributed by atoms with E-state index in [0.717, 1.165) is 11.3 Å². The summed E-state index contributed by atoms with van der Waals surface area (Å²) in [7, 11) is 0. The fraction of sp³-hybridized carbons (Fsp3) is 0.200. The number of pyridine rings is 1. The number of anilines is 3. The Balaban J connectivity index is 1.63. The Morgan fingerprint density at radius 2 is 2.00 bits per heavy atom. The number of ether oxygens (including phenoxy) is 1. The van der Waals surface area contributed by atoms with Crippen LogP contribution in [-0.4, -0.2) is 39.4 Å². The van der Waals surface area contributed by atoms with Crippen molar-refractivity contribution in [1.82, 2.24) is 15.2 Å². The van der Waals surface area contributed by atoms with Crippen LogP contribution in [0.5, 0.6) is 5.75 Å². The van der Waals surface area contributed by atoms with E-state index in [-0.39, 0.29) is 5.56 Å². The molecule has 0 aliphatic rings. The van der Waals surface area contributed by atoms with E-state index in [2.05, 4.69) is 31.9 Å². The number of nitrogens with one attached hydrogen (secondary N) is 3. The molecule has 0 spiro atoms. The van der Waals surface area contributed by atoms with Crippen LogP contribution in [-0.2, 0) is 0 Å². The van der Waals surface area contributed by atoms with Crippen LogP contribution in [0.4, 0.5) is 17.5 Å². The number of carbonyl (C=O) groups is 1. The Morgan fingerprint density at radius 3 is 2.62 bits per heavy atom. The maximum atomic E-state index is 10.9. The molecule has 2 heterocycles. The second-order valence-electron chi connectivity index (χ2n) is 6.33. The summed E-state index contributed by atoms with van der Waals surface area (Å²) in [5.74, 6) is 1.24. The van der Waals surface area contributed by atoms with Gasteiger partial charge in [-0.25, -0.2) is 9.78 Å². The average Bonchev–Trinajstić information content (AvgIpc) is 3.10. The topological polar surface area (TPSA) is 136 Å². The zero-order valence-corrected chi connectivity index (χ0v) is 16.0. The second kappa shape index (κ2) is 8.75. The van der Waals surface area contributed by atoms with Crippen molar-refractivity contribution in [2.45, 2.75) is 13.8 Å². The molecular formula is C20H20N6O3. The van der Waals surface area contributed by atoms with Crippen LogP contribution in [0.15, 0.2) is 36.4 Å². The number of nitriles is 1. The molecule has 0 saturated heterocycles. The van der Waals surface area contributed by atoms with Crippen LogP contribution in [0.25, 0.3) is 0 Å². The number of hydrogen-bond acceptors (Lipinski definition) is 7. The number of carboxylic acid groups (broad SMARTS) is 1. The standard InChI is InChI=1S/C20H20N6O3/c1-12-9-17(23-18-10-13(2)25-26-18)24-19(16(12)11-21)22-7-8-29-15-5-3-14(4-6-15)20(27)28/h3-6,9-10H,7-8H2,1-2H3,(H,27,28)(H3,22,23,24,25,26). The Hall–Kier alpha value is -4.06. The van der Waals surface area contributed by atoms with Gasteiger partial charge < -0.3 is 20.5 Å². The predicted molar refractivity (Wildman–Crippen MR) is 108 cm³/mol. The molecule has 0 amide bonds. The number of benzene rings is 1. The summed E-state index contributed by atoms with van der Waals surface area (Å²) in [5, 5.41) is 31.5. The molecular weight excluding hydrogens is 372 g/mol. The van der Waals surface area contributed by atoms with Gasteiger partial charge in [-0.2, -0.15) is 10.4 Å². The molecule has 0 fully saturated rings. The molecule has 0 unspecified atom stereocenters. The predicted octanol–water partition coefficient (Wildman–Crippen LogP) is 3.23. The quantitative estimate of drug-likeness (QED) is 0.429. The highest BCUT2D eigenvalue weighted by Gasteiger charge is 2.11. The molecule has 4 N–H and O–H groups in total. The minimum absolute atomic E-state index is 0.199. The maximum absolute atomic E-state index is 10.9. The van der Waals surface area contributed by atoms with Crippen LogP contribution in [0.1, 0.15) is 27.2 Å². The molecule has 3 aromatic rings. The Labute approximate surface area is 167 Å². The number of aromatic amines is 1. The van der Waals surface area contributed by atoms with Crippen molar-refractivity contribution in [1.29, 1.82) is 5.26 Å². The van der Waals surface area contributed by atoms with Crippen LogP contribution < -0.4 is 15.4 Å². The van der Waals surface area contributed by atoms with Gasteiger partial charge in [-0.05, 0) is 49.7 Å². The van der Waals surface area contributed by atoms with Crippen molar-refractivity contribution in [2.75, 3.05) is 23.8 Å². The Bertz CT molecular complexity index is 1050. The number of aromatic carboxylic acids is 1. The molecule has 0 saturated carbocycles. The SMILES string of the molecule is Cc1cc(Nc2cc(C)c(C#N)c(NCCOc3ccc(C(=O)O)cc3)n2)n[nH]1. The monoisotopic (exact) mass is 392 g/mol. The minimum Gasteiger partial charge on any atom is -0.492 e. The van der Waals surface area contributed by atoms with Gasteiger partial charge in [0.25, 0.3) is 0 Å². The highest BCUT2D eigenvalue weighted by atomic mass is 16.5. The van der Waals surface area contributed by atoms with E-state index in [1.807, 2.05) is 19.9 Å². The number of aryl methyl sites for hydroxylation is 2. The Morgan fingerprint density at radius 1 is 1.24 bits per heavy atom. The number of aromatic nitrogens is 3. The van der Waals surface area contributed by atoms with Gasteiger partial charge in [0.1, 0.15) is 30.1 Å². The van der Waals surface area contributed by atoms with Gasteiger partial charge in [0.05, 0.1) is 17.7 Å². The molecule has 0 aliphatic heterocycles. The van der Waals surface area contributed by atoms with Crippen LogP contribution >= 0.6 is 0 Å².